The van der Waals surface area contributed by atoms with Crippen LogP contribution in [0.5, 0.6) is 0 Å². The Hall–Kier alpha value is -2.82. The molecule has 0 unspecified atom stereocenters. The van der Waals surface area contributed by atoms with Gasteiger partial charge in [-0.15, -0.1) is 0 Å². The summed E-state index contributed by atoms with van der Waals surface area (Å²) in [5, 5.41) is 2.88. The summed E-state index contributed by atoms with van der Waals surface area (Å²) in [5.74, 6) is -0.0790. The predicted octanol–water partition coefficient (Wildman–Crippen LogP) is 4.42. The Labute approximate surface area is 161 Å². The fraction of sp³-hybridized carbons (Fsp3) is 0.364. The molecule has 0 saturated carbocycles. The molecule has 0 spiro atoms. The van der Waals surface area contributed by atoms with E-state index in [1.807, 2.05) is 54.0 Å². The summed E-state index contributed by atoms with van der Waals surface area (Å²) in [6.45, 7) is 7.89. The van der Waals surface area contributed by atoms with E-state index in [0.29, 0.717) is 13.1 Å². The fourth-order valence-corrected chi connectivity index (χ4v) is 3.21. The summed E-state index contributed by atoms with van der Waals surface area (Å²) < 4.78 is 0. The maximum Gasteiger partial charge on any atom is 0.324 e. The van der Waals surface area contributed by atoms with E-state index in [9.17, 15) is 9.59 Å². The normalized spacial score (nSPS) is 14.6. The van der Waals surface area contributed by atoms with Gasteiger partial charge in [-0.1, -0.05) is 43.7 Å². The highest BCUT2D eigenvalue weighted by molar-refractivity contribution is 5.94. The zero-order chi connectivity index (χ0) is 19.4. The van der Waals surface area contributed by atoms with Gasteiger partial charge in [0.05, 0.1) is 0 Å². The number of urea groups is 1. The van der Waals surface area contributed by atoms with Crippen molar-refractivity contribution in [2.24, 2.45) is 5.92 Å². The molecule has 1 aliphatic heterocycles. The molecule has 1 fully saturated rings. The molecule has 3 rings (SSSR count). The molecule has 1 saturated heterocycles. The summed E-state index contributed by atoms with van der Waals surface area (Å²) >= 11 is 0. The van der Waals surface area contributed by atoms with Crippen LogP contribution in [0, 0.1) is 12.8 Å². The molecule has 5 nitrogen and oxygen atoms in total. The number of carbonyl (C=O) groups excluding carboxylic acids is 2. The molecule has 2 aromatic carbocycles. The largest absolute Gasteiger partial charge is 0.326 e. The Kier molecular flexibility index (Phi) is 5.79. The minimum atomic E-state index is -0.0662. The number of nitrogens with zero attached hydrogens (tertiary/aromatic N) is 2. The van der Waals surface area contributed by atoms with Crippen LogP contribution in [-0.4, -0.2) is 29.9 Å². The van der Waals surface area contributed by atoms with Gasteiger partial charge < -0.3 is 10.2 Å². The van der Waals surface area contributed by atoms with E-state index in [4.69, 9.17) is 0 Å². The van der Waals surface area contributed by atoms with Gasteiger partial charge in [0.1, 0.15) is 0 Å². The average molecular weight is 365 g/mol. The topological polar surface area (TPSA) is 52.6 Å². The fourth-order valence-electron chi connectivity index (χ4n) is 3.21. The number of rotatable bonds is 5. The van der Waals surface area contributed by atoms with Crippen LogP contribution in [0.25, 0.3) is 0 Å². The smallest absolute Gasteiger partial charge is 0.324 e. The quantitative estimate of drug-likeness (QED) is 0.853. The van der Waals surface area contributed by atoms with E-state index in [-0.39, 0.29) is 17.9 Å². The first-order valence-corrected chi connectivity index (χ1v) is 9.47. The number of hydrogen-bond acceptors (Lipinski definition) is 2. The lowest BCUT2D eigenvalue weighted by Gasteiger charge is -2.35. The molecular weight excluding hydrogens is 338 g/mol. The molecule has 142 valence electrons. The van der Waals surface area contributed by atoms with Crippen LogP contribution < -0.4 is 10.2 Å². The zero-order valence-electron chi connectivity index (χ0n) is 16.2. The maximum atomic E-state index is 12.9. The highest BCUT2D eigenvalue weighted by atomic mass is 16.2. The zero-order valence-corrected chi connectivity index (χ0v) is 16.2. The molecule has 0 aliphatic carbocycles. The molecule has 1 aliphatic rings. The van der Waals surface area contributed by atoms with Crippen molar-refractivity contribution in [1.82, 2.24) is 4.90 Å². The van der Waals surface area contributed by atoms with E-state index in [0.717, 1.165) is 29.9 Å². The number of benzene rings is 2. The van der Waals surface area contributed by atoms with Gasteiger partial charge in [-0.3, -0.25) is 9.69 Å². The lowest BCUT2D eigenvalue weighted by molar-refractivity contribution is -0.118. The van der Waals surface area contributed by atoms with Gasteiger partial charge in [0.15, 0.2) is 0 Å². The van der Waals surface area contributed by atoms with Gasteiger partial charge in [-0.2, -0.15) is 0 Å². The highest BCUT2D eigenvalue weighted by Gasteiger charge is 2.26. The van der Waals surface area contributed by atoms with Crippen LogP contribution >= 0.6 is 0 Å². The number of aryl methyl sites for hydroxylation is 1. The Bertz CT molecular complexity index is 815. The van der Waals surface area contributed by atoms with Crippen LogP contribution in [0.1, 0.15) is 31.4 Å². The van der Waals surface area contributed by atoms with E-state index >= 15 is 0 Å². The van der Waals surface area contributed by atoms with Crippen LogP contribution in [0.4, 0.5) is 16.2 Å². The van der Waals surface area contributed by atoms with Crippen molar-refractivity contribution in [3.63, 3.8) is 0 Å². The lowest BCUT2D eigenvalue weighted by Crippen LogP contribution is -2.49. The predicted molar refractivity (Wildman–Crippen MR) is 109 cm³/mol. The number of nitrogens with one attached hydrogen (secondary N) is 1. The van der Waals surface area contributed by atoms with Crippen molar-refractivity contribution in [2.45, 2.75) is 33.7 Å². The second-order valence-electron chi connectivity index (χ2n) is 7.39. The molecular formula is C22H27N3O2. The van der Waals surface area contributed by atoms with Crippen molar-refractivity contribution < 1.29 is 9.59 Å². The summed E-state index contributed by atoms with van der Waals surface area (Å²) in [6.07, 6.45) is 0.934. The summed E-state index contributed by atoms with van der Waals surface area (Å²) in [6, 6.07) is 15.8. The highest BCUT2D eigenvalue weighted by Crippen LogP contribution is 2.23. The van der Waals surface area contributed by atoms with Crippen molar-refractivity contribution in [3.05, 3.63) is 59.7 Å². The van der Waals surface area contributed by atoms with Crippen molar-refractivity contribution >= 4 is 23.3 Å². The summed E-state index contributed by atoms with van der Waals surface area (Å²) in [5.41, 5.74) is 3.96. The van der Waals surface area contributed by atoms with Crippen LogP contribution in [-0.2, 0) is 11.3 Å². The molecule has 1 heterocycles. The molecule has 0 radical (unpaired) electrons. The third kappa shape index (κ3) is 4.67. The van der Waals surface area contributed by atoms with E-state index in [2.05, 4.69) is 30.4 Å². The molecule has 5 heteroatoms. The van der Waals surface area contributed by atoms with Crippen LogP contribution in [0.2, 0.25) is 0 Å². The third-order valence-corrected chi connectivity index (χ3v) is 4.74. The summed E-state index contributed by atoms with van der Waals surface area (Å²) in [7, 11) is 0. The van der Waals surface area contributed by atoms with Gasteiger partial charge in [0.25, 0.3) is 0 Å². The molecule has 0 bridgehead atoms. The Morgan fingerprint density at radius 1 is 1.11 bits per heavy atom. The molecule has 27 heavy (non-hydrogen) atoms. The molecule has 1 N–H and O–H groups in total. The number of hydrogen-bond donors (Lipinski definition) is 1. The maximum absolute atomic E-state index is 12.9. The van der Waals surface area contributed by atoms with E-state index in [1.54, 1.807) is 0 Å². The number of amides is 3. The molecule has 0 aromatic heterocycles. The number of carbonyl (C=O) groups is 2. The van der Waals surface area contributed by atoms with Gasteiger partial charge in [0, 0.05) is 36.9 Å². The van der Waals surface area contributed by atoms with Gasteiger partial charge >= 0.3 is 6.03 Å². The lowest BCUT2D eigenvalue weighted by atomic mass is 10.1. The molecule has 0 atom stereocenters. The monoisotopic (exact) mass is 365 g/mol. The first kappa shape index (κ1) is 19.0. The standard InChI is InChI=1S/C22H27N3O2/c1-16(2)21(26)23-19-8-10-20(11-9-19)25-13-5-12-24(22(25)27)15-18-7-4-6-17(3)14-18/h4,6-11,14,16H,5,12-13,15H2,1-3H3,(H,23,26). The van der Waals surface area contributed by atoms with Gasteiger partial charge in [-0.25, -0.2) is 4.79 Å². The molecule has 2 aromatic rings. The first-order chi connectivity index (χ1) is 12.9. The van der Waals surface area contributed by atoms with Gasteiger partial charge in [-0.05, 0) is 43.2 Å². The minimum Gasteiger partial charge on any atom is -0.326 e. The Balaban J connectivity index is 1.69. The Morgan fingerprint density at radius 2 is 1.85 bits per heavy atom. The Morgan fingerprint density at radius 3 is 2.52 bits per heavy atom. The van der Waals surface area contributed by atoms with Crippen LogP contribution in [0.3, 0.4) is 0 Å². The second-order valence-corrected chi connectivity index (χ2v) is 7.39. The third-order valence-electron chi connectivity index (χ3n) is 4.74. The average Bonchev–Trinajstić information content (AvgIpc) is 2.64. The second kappa shape index (κ2) is 8.25. The molecule has 3 amide bonds. The van der Waals surface area contributed by atoms with Crippen LogP contribution in [0.15, 0.2) is 48.5 Å². The van der Waals surface area contributed by atoms with Crippen molar-refractivity contribution in [2.75, 3.05) is 23.3 Å². The minimum absolute atomic E-state index is 0.0128. The van der Waals surface area contributed by atoms with Crippen molar-refractivity contribution in [1.29, 1.82) is 0 Å². The van der Waals surface area contributed by atoms with Gasteiger partial charge in [0.2, 0.25) is 5.91 Å². The first-order valence-electron chi connectivity index (χ1n) is 9.47. The van der Waals surface area contributed by atoms with E-state index < -0.39 is 0 Å². The summed E-state index contributed by atoms with van der Waals surface area (Å²) in [4.78, 5) is 28.5. The SMILES string of the molecule is Cc1cccc(CN2CCCN(c3ccc(NC(=O)C(C)C)cc3)C2=O)c1. The van der Waals surface area contributed by atoms with Crippen molar-refractivity contribution in [3.8, 4) is 0 Å². The van der Waals surface area contributed by atoms with E-state index in [1.165, 1.54) is 5.56 Å². The number of anilines is 2.